The summed E-state index contributed by atoms with van der Waals surface area (Å²) in [5, 5.41) is 13.9. The molecular weight excluding hydrogens is 549 g/mol. The van der Waals surface area contributed by atoms with E-state index in [9.17, 15) is 23.9 Å². The van der Waals surface area contributed by atoms with Gasteiger partial charge in [-0.2, -0.15) is 5.10 Å². The van der Waals surface area contributed by atoms with Crippen molar-refractivity contribution in [1.82, 2.24) is 24.4 Å². The lowest BCUT2D eigenvalue weighted by Gasteiger charge is -2.47. The van der Waals surface area contributed by atoms with Crippen LogP contribution in [0.3, 0.4) is 0 Å². The van der Waals surface area contributed by atoms with Crippen LogP contribution in [0.15, 0.2) is 30.5 Å². The number of halogens is 2. The normalized spacial score (nSPS) is 21.0. The van der Waals surface area contributed by atoms with Crippen LogP contribution < -0.4 is 0 Å². The Morgan fingerprint density at radius 2 is 1.76 bits per heavy atom. The summed E-state index contributed by atoms with van der Waals surface area (Å²) >= 11 is 6.02. The van der Waals surface area contributed by atoms with Crippen molar-refractivity contribution in [3.05, 3.63) is 52.6 Å². The fourth-order valence-corrected chi connectivity index (χ4v) is 6.21. The van der Waals surface area contributed by atoms with Crippen molar-refractivity contribution < 1.29 is 23.9 Å². The van der Waals surface area contributed by atoms with Gasteiger partial charge in [-0.15, -0.1) is 0 Å². The number of rotatable bonds is 5. The molecule has 5 rings (SSSR count). The Morgan fingerprint density at radius 3 is 2.37 bits per heavy atom. The van der Waals surface area contributed by atoms with Crippen LogP contribution in [0, 0.1) is 17.7 Å². The van der Waals surface area contributed by atoms with Gasteiger partial charge >= 0.3 is 5.97 Å². The number of hydrogen-bond donors (Lipinski definition) is 1. The number of piperazine rings is 1. The SMILES string of the molecule is CC(C)c1cc(-c2ccc(F)c(Cl)c2)nn2cc(C(=O)N3CCN(C(=O)[C@H]4CC[C@H](C(=O)O)CC4)CC3(C)C)nc12. The van der Waals surface area contributed by atoms with Gasteiger partial charge in [-0.05, 0) is 69.7 Å². The minimum Gasteiger partial charge on any atom is -0.481 e. The van der Waals surface area contributed by atoms with Gasteiger partial charge < -0.3 is 14.9 Å². The van der Waals surface area contributed by atoms with E-state index < -0.39 is 17.3 Å². The second-order valence-corrected chi connectivity index (χ2v) is 12.5. The first-order valence-corrected chi connectivity index (χ1v) is 14.4. The van der Waals surface area contributed by atoms with Crippen molar-refractivity contribution in [2.24, 2.45) is 11.8 Å². The summed E-state index contributed by atoms with van der Waals surface area (Å²) in [6, 6.07) is 6.33. The lowest BCUT2D eigenvalue weighted by molar-refractivity contribution is -0.147. The van der Waals surface area contributed by atoms with E-state index in [2.05, 4.69) is 10.1 Å². The van der Waals surface area contributed by atoms with Crippen molar-refractivity contribution in [1.29, 1.82) is 0 Å². The number of hydrogen-bond acceptors (Lipinski definition) is 5. The zero-order chi connectivity index (χ0) is 29.6. The molecule has 1 N–H and O–H groups in total. The molecule has 2 aliphatic rings. The molecule has 3 aromatic rings. The van der Waals surface area contributed by atoms with Crippen LogP contribution in [-0.4, -0.2) is 72.5 Å². The molecule has 2 fully saturated rings. The molecule has 0 atom stereocenters. The number of aromatic nitrogens is 3. The maximum Gasteiger partial charge on any atom is 0.306 e. The van der Waals surface area contributed by atoms with Crippen LogP contribution in [0.5, 0.6) is 0 Å². The number of imidazole rings is 1. The second kappa shape index (κ2) is 11.0. The Balaban J connectivity index is 1.36. The molecule has 218 valence electrons. The van der Waals surface area contributed by atoms with Crippen LogP contribution in [0.25, 0.3) is 16.9 Å². The highest BCUT2D eigenvalue weighted by Crippen LogP contribution is 2.33. The first-order chi connectivity index (χ1) is 19.4. The standard InChI is InChI=1S/C30H35ClFN5O4/c1-17(2)21-14-24(20-9-10-23(32)22(31)13-20)34-37-15-25(33-26(21)37)28(39)36-12-11-35(16-30(36,3)4)27(38)18-5-7-19(8-6-18)29(40)41/h9-10,13-15,17-19H,5-8,11-12,16H2,1-4H3,(H,40,41)/t18-,19-. The quantitative estimate of drug-likeness (QED) is 0.439. The Labute approximate surface area is 243 Å². The summed E-state index contributed by atoms with van der Waals surface area (Å²) in [6.07, 6.45) is 3.81. The molecule has 3 heterocycles. The molecular formula is C30H35ClFN5O4. The third kappa shape index (κ3) is 5.66. The largest absolute Gasteiger partial charge is 0.481 e. The molecule has 2 amide bonds. The van der Waals surface area contributed by atoms with Gasteiger partial charge in [0.05, 0.1) is 28.4 Å². The molecule has 11 heteroatoms. The molecule has 41 heavy (non-hydrogen) atoms. The van der Waals surface area contributed by atoms with Gasteiger partial charge in [0.1, 0.15) is 11.5 Å². The number of aliphatic carboxylic acids is 1. The molecule has 1 saturated heterocycles. The van der Waals surface area contributed by atoms with E-state index >= 15 is 0 Å². The Bertz CT molecular complexity index is 1510. The highest BCUT2D eigenvalue weighted by molar-refractivity contribution is 6.31. The number of carboxylic acid groups (broad SMARTS) is 1. The average Bonchev–Trinajstić information content (AvgIpc) is 3.37. The molecule has 2 aromatic heterocycles. The van der Waals surface area contributed by atoms with Crippen molar-refractivity contribution in [2.75, 3.05) is 19.6 Å². The highest BCUT2D eigenvalue weighted by Gasteiger charge is 2.41. The minimum absolute atomic E-state index is 0.00443. The van der Waals surface area contributed by atoms with Gasteiger partial charge in [-0.3, -0.25) is 14.4 Å². The van der Waals surface area contributed by atoms with Gasteiger partial charge in [0, 0.05) is 36.7 Å². The molecule has 1 aliphatic heterocycles. The zero-order valence-electron chi connectivity index (χ0n) is 23.7. The Morgan fingerprint density at radius 1 is 1.07 bits per heavy atom. The smallest absolute Gasteiger partial charge is 0.306 e. The molecule has 1 saturated carbocycles. The van der Waals surface area contributed by atoms with Crippen LogP contribution in [0.1, 0.15) is 75.3 Å². The van der Waals surface area contributed by atoms with Gasteiger partial charge in [-0.1, -0.05) is 25.4 Å². The van der Waals surface area contributed by atoms with Crippen LogP contribution >= 0.6 is 11.6 Å². The summed E-state index contributed by atoms with van der Waals surface area (Å²) in [4.78, 5) is 46.6. The first kappa shape index (κ1) is 29.0. The van der Waals surface area contributed by atoms with Gasteiger partial charge in [0.25, 0.3) is 5.91 Å². The number of carbonyl (C=O) groups is 3. The maximum absolute atomic E-state index is 13.8. The fourth-order valence-electron chi connectivity index (χ4n) is 6.03. The van der Waals surface area contributed by atoms with Gasteiger partial charge in [0.2, 0.25) is 5.91 Å². The first-order valence-electron chi connectivity index (χ1n) is 14.0. The molecule has 0 bridgehead atoms. The second-order valence-electron chi connectivity index (χ2n) is 12.1. The highest BCUT2D eigenvalue weighted by atomic mass is 35.5. The minimum atomic E-state index is -0.789. The molecule has 1 aliphatic carbocycles. The third-order valence-corrected chi connectivity index (χ3v) is 8.68. The summed E-state index contributed by atoms with van der Waals surface area (Å²) in [5.74, 6) is -1.96. The van der Waals surface area contributed by atoms with E-state index in [4.69, 9.17) is 11.6 Å². The van der Waals surface area contributed by atoms with Gasteiger partial charge in [0.15, 0.2) is 5.65 Å². The van der Waals surface area contributed by atoms with Crippen LogP contribution in [-0.2, 0) is 9.59 Å². The third-order valence-electron chi connectivity index (χ3n) is 8.39. The van der Waals surface area contributed by atoms with E-state index in [1.165, 1.54) is 12.1 Å². The maximum atomic E-state index is 13.8. The van der Waals surface area contributed by atoms with E-state index in [-0.39, 0.29) is 40.3 Å². The molecule has 0 spiro atoms. The number of nitrogens with zero attached hydrogens (tertiary/aromatic N) is 5. The summed E-state index contributed by atoms with van der Waals surface area (Å²) in [5.41, 5.74) is 2.33. The lowest BCUT2D eigenvalue weighted by Crippen LogP contribution is -2.62. The predicted octanol–water partition coefficient (Wildman–Crippen LogP) is 5.27. The van der Waals surface area contributed by atoms with Crippen molar-refractivity contribution in [3.63, 3.8) is 0 Å². The monoisotopic (exact) mass is 583 g/mol. The van der Waals surface area contributed by atoms with Crippen molar-refractivity contribution >= 4 is 35.0 Å². The topological polar surface area (TPSA) is 108 Å². The summed E-state index contributed by atoms with van der Waals surface area (Å²) in [6.45, 7) is 9.09. The Kier molecular flexibility index (Phi) is 7.80. The zero-order valence-corrected chi connectivity index (χ0v) is 24.5. The summed E-state index contributed by atoms with van der Waals surface area (Å²) in [7, 11) is 0. The molecule has 0 radical (unpaired) electrons. The van der Waals surface area contributed by atoms with E-state index in [0.29, 0.717) is 62.2 Å². The number of carboxylic acids is 1. The molecule has 0 unspecified atom stereocenters. The predicted molar refractivity (Wildman–Crippen MR) is 152 cm³/mol. The molecule has 9 nitrogen and oxygen atoms in total. The van der Waals surface area contributed by atoms with E-state index in [0.717, 1.165) is 5.56 Å². The lowest BCUT2D eigenvalue weighted by atomic mass is 9.81. The fraction of sp³-hybridized carbons (Fsp3) is 0.500. The number of amides is 2. The van der Waals surface area contributed by atoms with E-state index in [1.807, 2.05) is 38.7 Å². The number of carbonyl (C=O) groups excluding carboxylic acids is 2. The van der Waals surface area contributed by atoms with Gasteiger partial charge in [-0.25, -0.2) is 13.9 Å². The van der Waals surface area contributed by atoms with Crippen LogP contribution in [0.2, 0.25) is 5.02 Å². The van der Waals surface area contributed by atoms with E-state index in [1.54, 1.807) is 21.7 Å². The van der Waals surface area contributed by atoms with Crippen molar-refractivity contribution in [3.8, 4) is 11.3 Å². The van der Waals surface area contributed by atoms with Crippen LogP contribution in [0.4, 0.5) is 4.39 Å². The number of fused-ring (bicyclic) bond motifs is 1. The molecule has 1 aromatic carbocycles. The van der Waals surface area contributed by atoms with Crippen molar-refractivity contribution in [2.45, 2.75) is 64.8 Å². The average molecular weight is 584 g/mol. The summed E-state index contributed by atoms with van der Waals surface area (Å²) < 4.78 is 15.4. The number of benzene rings is 1. The Hall–Kier alpha value is -3.53.